The van der Waals surface area contributed by atoms with Crippen LogP contribution in [0.5, 0.6) is 0 Å². The molecule has 3 nitrogen and oxygen atoms in total. The first-order chi connectivity index (χ1) is 7.07. The van der Waals surface area contributed by atoms with Crippen LogP contribution in [0.15, 0.2) is 12.7 Å². The van der Waals surface area contributed by atoms with Gasteiger partial charge in [0.2, 0.25) is 0 Å². The molecular weight excluding hydrogens is 188 g/mol. The van der Waals surface area contributed by atoms with Crippen LogP contribution >= 0.6 is 0 Å². The highest BCUT2D eigenvalue weighted by molar-refractivity contribution is 5.32. The fourth-order valence-corrected chi connectivity index (χ4v) is 2.08. The summed E-state index contributed by atoms with van der Waals surface area (Å²) in [6, 6.07) is 0. The lowest BCUT2D eigenvalue weighted by molar-refractivity contribution is -0.0230. The highest BCUT2D eigenvalue weighted by Crippen LogP contribution is 2.38. The first-order valence-corrected chi connectivity index (χ1v) is 5.16. The molecule has 0 spiro atoms. The predicted molar refractivity (Wildman–Crippen MR) is 58.5 cm³/mol. The van der Waals surface area contributed by atoms with Crippen molar-refractivity contribution in [2.24, 2.45) is 0 Å². The first kappa shape index (κ1) is 10.3. The number of ether oxygens (including phenoxy) is 1. The average Bonchev–Trinajstić information content (AvgIpc) is 2.45. The Balaban J connectivity index is 2.54. The van der Waals surface area contributed by atoms with Gasteiger partial charge in [-0.2, -0.15) is 0 Å². The number of aryl methyl sites for hydroxylation is 2. The Labute approximate surface area is 90.2 Å². The van der Waals surface area contributed by atoms with Crippen molar-refractivity contribution < 1.29 is 4.74 Å². The second kappa shape index (κ2) is 3.42. The highest BCUT2D eigenvalue weighted by atomic mass is 16.5. The summed E-state index contributed by atoms with van der Waals surface area (Å²) in [5.74, 6) is 0.812. The van der Waals surface area contributed by atoms with Crippen molar-refractivity contribution in [3.05, 3.63) is 35.4 Å². The minimum absolute atomic E-state index is 0.310. The molecule has 3 heteroatoms. The Morgan fingerprint density at radius 3 is 2.87 bits per heavy atom. The van der Waals surface area contributed by atoms with Gasteiger partial charge in [0, 0.05) is 11.3 Å². The normalized spacial score (nSPS) is 23.9. The number of nitrogens with zero attached hydrogens (tertiary/aromatic N) is 2. The van der Waals surface area contributed by atoms with E-state index < -0.39 is 0 Å². The Hall–Kier alpha value is -1.22. The topological polar surface area (TPSA) is 35.0 Å². The molecule has 1 atom stereocenters. The van der Waals surface area contributed by atoms with Crippen LogP contribution in [-0.4, -0.2) is 9.97 Å². The molecule has 2 rings (SSSR count). The van der Waals surface area contributed by atoms with Crippen LogP contribution < -0.4 is 0 Å². The molecule has 0 amide bonds. The molecule has 1 aromatic rings. The van der Waals surface area contributed by atoms with Crippen molar-refractivity contribution in [1.29, 1.82) is 0 Å². The summed E-state index contributed by atoms with van der Waals surface area (Å²) in [5, 5.41) is 0. The molecule has 80 valence electrons. The molecule has 2 heterocycles. The van der Waals surface area contributed by atoms with Gasteiger partial charge in [-0.1, -0.05) is 6.08 Å². The van der Waals surface area contributed by atoms with Gasteiger partial charge in [0.1, 0.15) is 11.4 Å². The van der Waals surface area contributed by atoms with E-state index in [2.05, 4.69) is 23.5 Å². The number of hydrogen-bond acceptors (Lipinski definition) is 3. The van der Waals surface area contributed by atoms with Crippen molar-refractivity contribution in [3.8, 4) is 0 Å². The largest absolute Gasteiger partial charge is 0.364 e. The maximum absolute atomic E-state index is 5.81. The minimum Gasteiger partial charge on any atom is -0.364 e. The quantitative estimate of drug-likeness (QED) is 0.694. The van der Waals surface area contributed by atoms with Crippen LogP contribution in [0.1, 0.15) is 36.1 Å². The fourth-order valence-electron chi connectivity index (χ4n) is 2.08. The van der Waals surface area contributed by atoms with Crippen LogP contribution in [-0.2, 0) is 16.9 Å². The van der Waals surface area contributed by atoms with Gasteiger partial charge in [0.25, 0.3) is 0 Å². The smallest absolute Gasteiger partial charge is 0.125 e. The second-order valence-corrected chi connectivity index (χ2v) is 4.20. The lowest BCUT2D eigenvalue weighted by atomic mass is 9.96. The summed E-state index contributed by atoms with van der Waals surface area (Å²) in [6.07, 6.45) is 2.66. The number of rotatable bonds is 2. The van der Waals surface area contributed by atoms with Gasteiger partial charge < -0.3 is 4.74 Å². The molecule has 1 aliphatic heterocycles. The van der Waals surface area contributed by atoms with Crippen molar-refractivity contribution in [2.45, 2.75) is 39.4 Å². The summed E-state index contributed by atoms with van der Waals surface area (Å²) in [4.78, 5) is 8.86. The third kappa shape index (κ3) is 1.57. The lowest BCUT2D eigenvalue weighted by Crippen LogP contribution is -2.21. The third-order valence-electron chi connectivity index (χ3n) is 2.90. The van der Waals surface area contributed by atoms with E-state index in [4.69, 9.17) is 4.74 Å². The van der Waals surface area contributed by atoms with E-state index in [1.165, 1.54) is 0 Å². The molecule has 0 radical (unpaired) electrons. The van der Waals surface area contributed by atoms with Gasteiger partial charge in [0.15, 0.2) is 0 Å². The zero-order valence-corrected chi connectivity index (χ0v) is 9.50. The Morgan fingerprint density at radius 1 is 1.47 bits per heavy atom. The lowest BCUT2D eigenvalue weighted by Gasteiger charge is -2.21. The van der Waals surface area contributed by atoms with Crippen LogP contribution in [0.4, 0.5) is 0 Å². The van der Waals surface area contributed by atoms with E-state index in [1.807, 2.05) is 19.9 Å². The van der Waals surface area contributed by atoms with E-state index in [9.17, 15) is 0 Å². The van der Waals surface area contributed by atoms with Gasteiger partial charge in [-0.25, -0.2) is 9.97 Å². The van der Waals surface area contributed by atoms with E-state index in [0.717, 1.165) is 29.2 Å². The molecule has 1 aliphatic rings. The van der Waals surface area contributed by atoms with Crippen LogP contribution in [0.25, 0.3) is 0 Å². The average molecular weight is 204 g/mol. The standard InChI is InChI=1S/C12H16N2O/c1-5-6-12(4)11-10(7-15-12)8(2)13-9(3)14-11/h5H,1,6-7H2,2-4H3. The molecule has 0 saturated carbocycles. The molecule has 0 saturated heterocycles. The van der Waals surface area contributed by atoms with E-state index in [0.29, 0.717) is 6.61 Å². The molecule has 0 N–H and O–H groups in total. The molecule has 15 heavy (non-hydrogen) atoms. The summed E-state index contributed by atoms with van der Waals surface area (Å²) in [5.41, 5.74) is 2.90. The van der Waals surface area contributed by atoms with E-state index >= 15 is 0 Å². The monoisotopic (exact) mass is 204 g/mol. The Morgan fingerprint density at radius 2 is 2.20 bits per heavy atom. The summed E-state index contributed by atoms with van der Waals surface area (Å²) in [7, 11) is 0. The highest BCUT2D eigenvalue weighted by Gasteiger charge is 2.37. The molecule has 1 unspecified atom stereocenters. The van der Waals surface area contributed by atoms with Crippen LogP contribution in [0, 0.1) is 13.8 Å². The van der Waals surface area contributed by atoms with Crippen molar-refractivity contribution >= 4 is 0 Å². The fraction of sp³-hybridized carbons (Fsp3) is 0.500. The van der Waals surface area contributed by atoms with Crippen molar-refractivity contribution in [2.75, 3.05) is 0 Å². The molecule has 0 fully saturated rings. The van der Waals surface area contributed by atoms with Gasteiger partial charge >= 0.3 is 0 Å². The Bertz CT molecular complexity index is 414. The van der Waals surface area contributed by atoms with Gasteiger partial charge in [-0.15, -0.1) is 6.58 Å². The molecule has 0 aliphatic carbocycles. The predicted octanol–water partition coefficient (Wildman–Crippen LogP) is 2.41. The second-order valence-electron chi connectivity index (χ2n) is 4.20. The zero-order chi connectivity index (χ0) is 11.1. The molecule has 0 bridgehead atoms. The SMILES string of the molecule is C=CCC1(C)OCc2c(C)nc(C)nc21. The zero-order valence-electron chi connectivity index (χ0n) is 9.50. The number of fused-ring (bicyclic) bond motifs is 1. The third-order valence-corrected chi connectivity index (χ3v) is 2.90. The summed E-state index contributed by atoms with van der Waals surface area (Å²) >= 11 is 0. The Kier molecular flexibility index (Phi) is 2.35. The van der Waals surface area contributed by atoms with Gasteiger partial charge in [-0.05, 0) is 27.2 Å². The van der Waals surface area contributed by atoms with E-state index in [1.54, 1.807) is 0 Å². The van der Waals surface area contributed by atoms with Gasteiger partial charge in [0.05, 0.1) is 12.3 Å². The number of aromatic nitrogens is 2. The maximum Gasteiger partial charge on any atom is 0.125 e. The van der Waals surface area contributed by atoms with Crippen LogP contribution in [0.3, 0.4) is 0 Å². The van der Waals surface area contributed by atoms with Crippen LogP contribution in [0.2, 0.25) is 0 Å². The van der Waals surface area contributed by atoms with Crippen molar-refractivity contribution in [1.82, 2.24) is 9.97 Å². The molecule has 1 aromatic heterocycles. The van der Waals surface area contributed by atoms with Crippen molar-refractivity contribution in [3.63, 3.8) is 0 Å². The van der Waals surface area contributed by atoms with Gasteiger partial charge in [-0.3, -0.25) is 0 Å². The summed E-state index contributed by atoms with van der Waals surface area (Å²) in [6.45, 7) is 10.4. The first-order valence-electron chi connectivity index (χ1n) is 5.16. The number of hydrogen-bond donors (Lipinski definition) is 0. The maximum atomic E-state index is 5.81. The molecular formula is C12H16N2O. The summed E-state index contributed by atoms with van der Waals surface area (Å²) < 4.78 is 5.81. The van der Waals surface area contributed by atoms with E-state index in [-0.39, 0.29) is 5.60 Å². The minimum atomic E-state index is -0.310. The molecule has 0 aromatic carbocycles.